The Bertz CT molecular complexity index is 704. The third-order valence-corrected chi connectivity index (χ3v) is 3.36. The van der Waals surface area contributed by atoms with Gasteiger partial charge in [0.1, 0.15) is 11.3 Å². The van der Waals surface area contributed by atoms with Gasteiger partial charge in [0.15, 0.2) is 4.67 Å². The lowest BCUT2D eigenvalue weighted by Crippen LogP contribution is -2.26. The number of carbonyl (C=O) groups excluding carboxylic acids is 1. The number of amides is 1. The van der Waals surface area contributed by atoms with E-state index in [1.54, 1.807) is 12.1 Å². The minimum Gasteiger partial charge on any atom is -0.452 e. The first-order valence-electron chi connectivity index (χ1n) is 5.68. The molecule has 110 valence electrons. The Labute approximate surface area is 132 Å². The average molecular weight is 375 g/mol. The van der Waals surface area contributed by atoms with Gasteiger partial charge in [-0.25, -0.2) is 4.98 Å². The van der Waals surface area contributed by atoms with Crippen LogP contribution >= 0.6 is 27.5 Å². The van der Waals surface area contributed by atoms with Crippen LogP contribution in [0.25, 0.3) is 0 Å². The van der Waals surface area contributed by atoms with Crippen molar-refractivity contribution in [1.82, 2.24) is 9.88 Å². The van der Waals surface area contributed by atoms with Gasteiger partial charge in [0, 0.05) is 13.2 Å². The molecule has 0 spiro atoms. The van der Waals surface area contributed by atoms with Gasteiger partial charge in [-0.3, -0.25) is 14.9 Å². The van der Waals surface area contributed by atoms with Crippen LogP contribution in [0, 0.1) is 10.1 Å². The molecule has 7 nitrogen and oxygen atoms in total. The molecule has 0 unspecified atom stereocenters. The van der Waals surface area contributed by atoms with Crippen LogP contribution in [0.5, 0.6) is 0 Å². The van der Waals surface area contributed by atoms with Gasteiger partial charge >= 0.3 is 5.69 Å². The molecule has 0 aliphatic carbocycles. The quantitative estimate of drug-likeness (QED) is 0.465. The van der Waals surface area contributed by atoms with E-state index in [1.165, 1.54) is 24.2 Å². The number of aromatic nitrogens is 1. The summed E-state index contributed by atoms with van der Waals surface area (Å²) in [5, 5.41) is 10.7. The Morgan fingerprint density at radius 3 is 2.81 bits per heavy atom. The second-order valence-corrected chi connectivity index (χ2v) is 5.26. The van der Waals surface area contributed by atoms with Gasteiger partial charge in [-0.05, 0) is 34.1 Å². The van der Waals surface area contributed by atoms with Crippen molar-refractivity contribution < 1.29 is 14.1 Å². The summed E-state index contributed by atoms with van der Waals surface area (Å²) >= 11 is 8.85. The third-order valence-electron chi connectivity index (χ3n) is 2.66. The lowest BCUT2D eigenvalue weighted by molar-refractivity contribution is -0.385. The maximum Gasteiger partial charge on any atom is 0.319 e. The predicted octanol–water partition coefficient (Wildman–Crippen LogP) is 3.27. The van der Waals surface area contributed by atoms with Gasteiger partial charge in [0.05, 0.1) is 11.5 Å². The average Bonchev–Trinajstić information content (AvgIpc) is 2.82. The summed E-state index contributed by atoms with van der Waals surface area (Å²) in [6.07, 6.45) is 1.25. The molecular weight excluding hydrogens is 366 g/mol. The summed E-state index contributed by atoms with van der Waals surface area (Å²) in [4.78, 5) is 27.5. The minimum absolute atomic E-state index is 0.117. The van der Waals surface area contributed by atoms with Crippen molar-refractivity contribution in [3.05, 3.63) is 55.7 Å². The van der Waals surface area contributed by atoms with Gasteiger partial charge in [0.2, 0.25) is 5.15 Å². The Hall–Kier alpha value is -1.93. The number of hydrogen-bond acceptors (Lipinski definition) is 5. The molecule has 0 radical (unpaired) electrons. The second-order valence-electron chi connectivity index (χ2n) is 4.12. The van der Waals surface area contributed by atoms with E-state index in [2.05, 4.69) is 20.9 Å². The Balaban J connectivity index is 2.27. The van der Waals surface area contributed by atoms with E-state index in [-0.39, 0.29) is 17.3 Å². The molecule has 2 rings (SSSR count). The van der Waals surface area contributed by atoms with Crippen LogP contribution in [-0.2, 0) is 6.54 Å². The van der Waals surface area contributed by atoms with Gasteiger partial charge in [0.25, 0.3) is 5.91 Å². The highest BCUT2D eigenvalue weighted by Gasteiger charge is 2.27. The summed E-state index contributed by atoms with van der Waals surface area (Å²) in [6.45, 7) is 0.168. The van der Waals surface area contributed by atoms with Gasteiger partial charge in [-0.15, -0.1) is 0 Å². The van der Waals surface area contributed by atoms with Crippen molar-refractivity contribution in [3.8, 4) is 0 Å². The molecule has 2 heterocycles. The first kappa shape index (κ1) is 15.5. The molecule has 0 aliphatic heterocycles. The topological polar surface area (TPSA) is 89.5 Å². The summed E-state index contributed by atoms with van der Waals surface area (Å²) in [6, 6.07) is 4.65. The molecule has 21 heavy (non-hydrogen) atoms. The van der Waals surface area contributed by atoms with Crippen LogP contribution in [0.3, 0.4) is 0 Å². The van der Waals surface area contributed by atoms with Crippen LogP contribution in [0.15, 0.2) is 33.5 Å². The highest BCUT2D eigenvalue weighted by atomic mass is 79.9. The molecule has 9 heteroatoms. The Morgan fingerprint density at radius 1 is 1.52 bits per heavy atom. The van der Waals surface area contributed by atoms with Gasteiger partial charge in [-0.2, -0.15) is 0 Å². The standard InChI is InChI=1S/C12H9BrClN3O4/c1-16(6-7-2-3-9(13)21-7)12(18)8-4-5-15-11(14)10(8)17(19)20/h2-5H,6H2,1H3. The summed E-state index contributed by atoms with van der Waals surface area (Å²) in [5.41, 5.74) is -0.621. The monoisotopic (exact) mass is 373 g/mol. The second kappa shape index (κ2) is 6.23. The van der Waals surface area contributed by atoms with Crippen LogP contribution in [0.4, 0.5) is 5.69 Å². The number of hydrogen-bond donors (Lipinski definition) is 0. The molecule has 0 saturated heterocycles. The highest BCUT2D eigenvalue weighted by Crippen LogP contribution is 2.27. The van der Waals surface area contributed by atoms with E-state index < -0.39 is 16.5 Å². The number of rotatable bonds is 4. The lowest BCUT2D eigenvalue weighted by atomic mass is 10.2. The maximum atomic E-state index is 12.3. The van der Waals surface area contributed by atoms with E-state index in [0.29, 0.717) is 10.4 Å². The fourth-order valence-corrected chi connectivity index (χ4v) is 2.29. The minimum atomic E-state index is -0.722. The first-order chi connectivity index (χ1) is 9.90. The summed E-state index contributed by atoms with van der Waals surface area (Å²) in [7, 11) is 1.51. The third kappa shape index (κ3) is 3.40. The van der Waals surface area contributed by atoms with Crippen molar-refractivity contribution in [2.24, 2.45) is 0 Å². The number of halogens is 2. The van der Waals surface area contributed by atoms with Crippen molar-refractivity contribution in [1.29, 1.82) is 0 Å². The predicted molar refractivity (Wildman–Crippen MR) is 78.1 cm³/mol. The zero-order valence-electron chi connectivity index (χ0n) is 10.7. The maximum absolute atomic E-state index is 12.3. The first-order valence-corrected chi connectivity index (χ1v) is 6.86. The molecule has 0 aromatic carbocycles. The number of furan rings is 1. The van der Waals surface area contributed by atoms with Crippen LogP contribution < -0.4 is 0 Å². The normalized spacial score (nSPS) is 10.4. The summed E-state index contributed by atoms with van der Waals surface area (Å²) < 4.78 is 5.83. The lowest BCUT2D eigenvalue weighted by Gasteiger charge is -2.15. The molecular formula is C12H9BrClN3O4. The molecule has 0 bridgehead atoms. The highest BCUT2D eigenvalue weighted by molar-refractivity contribution is 9.10. The Kier molecular flexibility index (Phi) is 4.59. The SMILES string of the molecule is CN(Cc1ccc(Br)o1)C(=O)c1ccnc(Cl)c1[N+](=O)[O-]. The van der Waals surface area contributed by atoms with Crippen molar-refractivity contribution in [2.45, 2.75) is 6.54 Å². The van der Waals surface area contributed by atoms with E-state index in [1.807, 2.05) is 0 Å². The molecule has 0 aliphatic rings. The van der Waals surface area contributed by atoms with Gasteiger partial charge in [-0.1, -0.05) is 11.6 Å². The number of nitro groups is 1. The van der Waals surface area contributed by atoms with Crippen LogP contribution in [0.1, 0.15) is 16.1 Å². The van der Waals surface area contributed by atoms with E-state index in [9.17, 15) is 14.9 Å². The summed E-state index contributed by atoms with van der Waals surface area (Å²) in [5.74, 6) is -0.000876. The zero-order chi connectivity index (χ0) is 15.6. The molecule has 0 N–H and O–H groups in total. The number of carbonyl (C=O) groups is 1. The van der Waals surface area contributed by atoms with Crippen molar-refractivity contribution >= 4 is 39.1 Å². The van der Waals surface area contributed by atoms with E-state index in [0.717, 1.165) is 0 Å². The van der Waals surface area contributed by atoms with Crippen molar-refractivity contribution in [2.75, 3.05) is 7.05 Å². The fraction of sp³-hybridized carbons (Fsp3) is 0.167. The molecule has 1 amide bonds. The van der Waals surface area contributed by atoms with Crippen LogP contribution in [-0.4, -0.2) is 27.8 Å². The van der Waals surface area contributed by atoms with E-state index in [4.69, 9.17) is 16.0 Å². The van der Waals surface area contributed by atoms with Gasteiger partial charge < -0.3 is 9.32 Å². The number of nitrogens with zero attached hydrogens (tertiary/aromatic N) is 3. The zero-order valence-corrected chi connectivity index (χ0v) is 13.1. The van der Waals surface area contributed by atoms with Crippen LogP contribution in [0.2, 0.25) is 5.15 Å². The molecule has 0 fully saturated rings. The number of pyridine rings is 1. The smallest absolute Gasteiger partial charge is 0.319 e. The largest absolute Gasteiger partial charge is 0.452 e. The van der Waals surface area contributed by atoms with E-state index >= 15 is 0 Å². The van der Waals surface area contributed by atoms with Crippen molar-refractivity contribution in [3.63, 3.8) is 0 Å². The molecule has 0 saturated carbocycles. The molecule has 2 aromatic heterocycles. The Morgan fingerprint density at radius 2 is 2.24 bits per heavy atom. The molecule has 0 atom stereocenters. The molecule has 2 aromatic rings. The fourth-order valence-electron chi connectivity index (χ4n) is 1.72.